The zero-order valence-corrected chi connectivity index (χ0v) is 13.3. The summed E-state index contributed by atoms with van der Waals surface area (Å²) in [6, 6.07) is 7.63. The van der Waals surface area contributed by atoms with Crippen LogP contribution in [0.4, 0.5) is 0 Å². The highest BCUT2D eigenvalue weighted by atomic mass is 32.1. The molecule has 1 aromatic heterocycles. The predicted octanol–water partition coefficient (Wildman–Crippen LogP) is 2.15. The van der Waals surface area contributed by atoms with E-state index in [0.717, 1.165) is 30.1 Å². The average molecular weight is 331 g/mol. The number of nitrogens with zero attached hydrogens (tertiary/aromatic N) is 3. The van der Waals surface area contributed by atoms with Crippen molar-refractivity contribution in [1.29, 1.82) is 0 Å². The summed E-state index contributed by atoms with van der Waals surface area (Å²) in [5.74, 6) is -0.466. The van der Waals surface area contributed by atoms with Gasteiger partial charge in [-0.05, 0) is 18.2 Å². The maximum absolute atomic E-state index is 10.8. The topological polar surface area (TPSA) is 67.6 Å². The summed E-state index contributed by atoms with van der Waals surface area (Å²) in [7, 11) is 0. The molecule has 6 nitrogen and oxygen atoms in total. The number of rotatable bonds is 4. The van der Waals surface area contributed by atoms with E-state index in [1.807, 2.05) is 28.8 Å². The lowest BCUT2D eigenvalue weighted by Gasteiger charge is -2.28. The normalized spacial score (nSPS) is 16.2. The summed E-state index contributed by atoms with van der Waals surface area (Å²) in [6.07, 6.45) is 2.58. The van der Waals surface area contributed by atoms with Crippen molar-refractivity contribution < 1.29 is 14.6 Å². The number of aromatic nitrogens is 2. The van der Waals surface area contributed by atoms with Crippen molar-refractivity contribution in [1.82, 2.24) is 14.5 Å². The van der Waals surface area contributed by atoms with Gasteiger partial charge in [0.15, 0.2) is 0 Å². The molecule has 1 aliphatic rings. The van der Waals surface area contributed by atoms with Gasteiger partial charge in [0.05, 0.1) is 25.4 Å². The van der Waals surface area contributed by atoms with E-state index in [0.29, 0.717) is 30.3 Å². The van der Waals surface area contributed by atoms with Crippen molar-refractivity contribution in [3.05, 3.63) is 40.8 Å². The third-order valence-electron chi connectivity index (χ3n) is 3.71. The molecular weight excluding hydrogens is 314 g/mol. The Morgan fingerprint density at radius 1 is 1.35 bits per heavy atom. The maximum Gasteiger partial charge on any atom is 0.328 e. The van der Waals surface area contributed by atoms with Crippen molar-refractivity contribution >= 4 is 35.2 Å². The minimum Gasteiger partial charge on any atom is -0.478 e. The van der Waals surface area contributed by atoms with Gasteiger partial charge in [0.1, 0.15) is 10.5 Å². The minimum atomic E-state index is -1.01. The highest BCUT2D eigenvalue weighted by molar-refractivity contribution is 7.71. The van der Waals surface area contributed by atoms with Crippen LogP contribution >= 0.6 is 12.2 Å². The van der Waals surface area contributed by atoms with Crippen LogP contribution < -0.4 is 0 Å². The summed E-state index contributed by atoms with van der Waals surface area (Å²) < 4.78 is 7.90. The van der Waals surface area contributed by atoms with Crippen molar-refractivity contribution in [2.45, 2.75) is 6.67 Å². The molecule has 0 amide bonds. The second kappa shape index (κ2) is 6.99. The van der Waals surface area contributed by atoms with Crippen LogP contribution in [-0.2, 0) is 16.2 Å². The molecule has 120 valence electrons. The average Bonchev–Trinajstić information content (AvgIpc) is 2.57. The number of aliphatic carboxylic acids is 1. The number of carbonyl (C=O) groups is 1. The standard InChI is InChI=1S/C16H17N3O3S/c20-15(21)6-5-14-17-13-4-2-1-3-12(13)16(23)19(14)11-18-7-9-22-10-8-18/h1-6H,7-11H2,(H,20,21)/b6-5+. The molecule has 23 heavy (non-hydrogen) atoms. The molecule has 0 bridgehead atoms. The summed E-state index contributed by atoms with van der Waals surface area (Å²) >= 11 is 5.61. The van der Waals surface area contributed by atoms with E-state index in [-0.39, 0.29) is 0 Å². The van der Waals surface area contributed by atoms with Crippen molar-refractivity contribution in [2.24, 2.45) is 0 Å². The number of ether oxygens (including phenoxy) is 1. The van der Waals surface area contributed by atoms with E-state index < -0.39 is 5.97 Å². The highest BCUT2D eigenvalue weighted by Crippen LogP contribution is 2.17. The fourth-order valence-corrected chi connectivity index (χ4v) is 2.86. The Balaban J connectivity index is 2.07. The molecule has 0 saturated carbocycles. The molecule has 1 fully saturated rings. The van der Waals surface area contributed by atoms with Crippen molar-refractivity contribution in [3.63, 3.8) is 0 Å². The first-order valence-corrected chi connectivity index (χ1v) is 7.76. The summed E-state index contributed by atoms with van der Waals surface area (Å²) in [4.78, 5) is 17.6. The SMILES string of the molecule is O=C(O)/C=C/c1nc2ccccc2c(=S)n1CN1CCOCC1. The van der Waals surface area contributed by atoms with Gasteiger partial charge in [-0.3, -0.25) is 4.90 Å². The minimum absolute atomic E-state index is 0.544. The Morgan fingerprint density at radius 2 is 2.09 bits per heavy atom. The molecule has 2 heterocycles. The number of carboxylic acid groups (broad SMARTS) is 1. The first-order valence-electron chi connectivity index (χ1n) is 7.36. The Hall–Kier alpha value is -2.09. The van der Waals surface area contributed by atoms with Gasteiger partial charge < -0.3 is 14.4 Å². The lowest BCUT2D eigenvalue weighted by molar-refractivity contribution is -0.131. The van der Waals surface area contributed by atoms with E-state index in [1.165, 1.54) is 6.08 Å². The van der Waals surface area contributed by atoms with E-state index in [9.17, 15) is 4.79 Å². The van der Waals surface area contributed by atoms with Crippen LogP contribution in [-0.4, -0.2) is 51.8 Å². The van der Waals surface area contributed by atoms with Gasteiger partial charge in [-0.2, -0.15) is 0 Å². The molecule has 1 saturated heterocycles. The number of para-hydroxylation sites is 1. The third kappa shape index (κ3) is 3.64. The van der Waals surface area contributed by atoms with Crippen molar-refractivity contribution in [3.8, 4) is 0 Å². The number of benzene rings is 1. The summed E-state index contributed by atoms with van der Waals surface area (Å²) in [5, 5.41) is 9.78. The molecule has 1 aromatic carbocycles. The zero-order chi connectivity index (χ0) is 16.2. The van der Waals surface area contributed by atoms with E-state index in [4.69, 9.17) is 22.1 Å². The molecule has 0 radical (unpaired) electrons. The van der Waals surface area contributed by atoms with E-state index in [1.54, 1.807) is 0 Å². The first kappa shape index (κ1) is 15.8. The Morgan fingerprint density at radius 3 is 2.83 bits per heavy atom. The van der Waals surface area contributed by atoms with Crippen molar-refractivity contribution in [2.75, 3.05) is 26.3 Å². The number of hydrogen-bond acceptors (Lipinski definition) is 5. The van der Waals surface area contributed by atoms with Crippen LogP contribution in [0.15, 0.2) is 30.3 Å². The maximum atomic E-state index is 10.8. The van der Waals surface area contributed by atoms with Gasteiger partial charge >= 0.3 is 5.97 Å². The molecule has 2 aromatic rings. The number of morpholine rings is 1. The first-order chi connectivity index (χ1) is 11.1. The molecule has 1 N–H and O–H groups in total. The van der Waals surface area contributed by atoms with Crippen LogP contribution in [0.1, 0.15) is 5.82 Å². The zero-order valence-electron chi connectivity index (χ0n) is 12.5. The third-order valence-corrected chi connectivity index (χ3v) is 4.15. The highest BCUT2D eigenvalue weighted by Gasteiger charge is 2.14. The Bertz CT molecular complexity index is 810. The van der Waals surface area contributed by atoms with Crippen LogP contribution in [0.2, 0.25) is 0 Å². The second-order valence-electron chi connectivity index (χ2n) is 5.26. The van der Waals surface area contributed by atoms with Crippen LogP contribution in [0.3, 0.4) is 0 Å². The molecule has 0 aliphatic carbocycles. The summed E-state index contributed by atoms with van der Waals surface area (Å²) in [6.45, 7) is 3.58. The van der Waals surface area contributed by atoms with Gasteiger partial charge in [-0.15, -0.1) is 0 Å². The van der Waals surface area contributed by atoms with Crippen LogP contribution in [0, 0.1) is 4.64 Å². The number of fused-ring (bicyclic) bond motifs is 1. The Labute approximate surface area is 138 Å². The monoisotopic (exact) mass is 331 g/mol. The fraction of sp³-hybridized carbons (Fsp3) is 0.312. The van der Waals surface area contributed by atoms with E-state index >= 15 is 0 Å². The fourth-order valence-electron chi connectivity index (χ4n) is 2.54. The molecule has 0 spiro atoms. The smallest absolute Gasteiger partial charge is 0.328 e. The molecular formula is C16H17N3O3S. The molecule has 3 rings (SSSR count). The summed E-state index contributed by atoms with van der Waals surface area (Å²) in [5.41, 5.74) is 0.765. The second-order valence-corrected chi connectivity index (χ2v) is 5.65. The molecule has 0 unspecified atom stereocenters. The Kier molecular flexibility index (Phi) is 4.80. The molecule has 7 heteroatoms. The lowest BCUT2D eigenvalue weighted by Crippen LogP contribution is -2.38. The quantitative estimate of drug-likeness (QED) is 0.684. The predicted molar refractivity (Wildman–Crippen MR) is 89.6 cm³/mol. The van der Waals surface area contributed by atoms with E-state index in [2.05, 4.69) is 9.88 Å². The largest absolute Gasteiger partial charge is 0.478 e. The van der Waals surface area contributed by atoms with Gasteiger partial charge in [0, 0.05) is 24.6 Å². The molecule has 1 aliphatic heterocycles. The van der Waals surface area contributed by atoms with Gasteiger partial charge in [0.25, 0.3) is 0 Å². The van der Waals surface area contributed by atoms with Gasteiger partial charge in [-0.25, -0.2) is 9.78 Å². The van der Waals surface area contributed by atoms with Crippen LogP contribution in [0.25, 0.3) is 17.0 Å². The van der Waals surface area contributed by atoms with Crippen LogP contribution in [0.5, 0.6) is 0 Å². The van der Waals surface area contributed by atoms with Gasteiger partial charge in [0.2, 0.25) is 0 Å². The van der Waals surface area contributed by atoms with Gasteiger partial charge in [-0.1, -0.05) is 24.4 Å². The molecule has 0 atom stereocenters. The lowest BCUT2D eigenvalue weighted by atomic mass is 10.2. The number of hydrogen-bond donors (Lipinski definition) is 1. The number of carboxylic acids is 1.